The Morgan fingerprint density at radius 2 is 1.93 bits per heavy atom. The molecule has 0 aliphatic carbocycles. The van der Waals surface area contributed by atoms with Crippen LogP contribution in [0.15, 0.2) is 42.6 Å². The Kier molecular flexibility index (Phi) is 5.76. The van der Waals surface area contributed by atoms with Gasteiger partial charge < -0.3 is 10.1 Å². The summed E-state index contributed by atoms with van der Waals surface area (Å²) in [6, 6.07) is 10.0. The molecular formula is C20H20ClN3O3. The number of carbonyl (C=O) groups is 2. The second kappa shape index (κ2) is 8.22. The Labute approximate surface area is 162 Å². The fourth-order valence-electron chi connectivity index (χ4n) is 2.71. The minimum atomic E-state index is -0.373. The van der Waals surface area contributed by atoms with Crippen LogP contribution in [0.3, 0.4) is 0 Å². The molecule has 0 saturated carbocycles. The molecule has 0 aliphatic rings. The number of anilines is 1. The van der Waals surface area contributed by atoms with Crippen LogP contribution in [-0.2, 0) is 11.2 Å². The van der Waals surface area contributed by atoms with Crippen molar-refractivity contribution in [1.29, 1.82) is 0 Å². The normalized spacial score (nSPS) is 10.8. The van der Waals surface area contributed by atoms with Crippen LogP contribution >= 0.6 is 11.6 Å². The number of hydrogen-bond acceptors (Lipinski definition) is 4. The highest BCUT2D eigenvalue weighted by Crippen LogP contribution is 2.19. The predicted octanol–water partition coefficient (Wildman–Crippen LogP) is 4.37. The molecule has 2 heterocycles. The maximum atomic E-state index is 12.8. The van der Waals surface area contributed by atoms with Gasteiger partial charge in [0, 0.05) is 23.0 Å². The van der Waals surface area contributed by atoms with E-state index >= 15 is 0 Å². The lowest BCUT2D eigenvalue weighted by atomic mass is 10.2. The van der Waals surface area contributed by atoms with E-state index in [1.807, 2.05) is 13.8 Å². The van der Waals surface area contributed by atoms with Gasteiger partial charge in [-0.2, -0.15) is 0 Å². The molecular weight excluding hydrogens is 366 g/mol. The fraction of sp³-hybridized carbons (Fsp3) is 0.250. The molecule has 140 valence electrons. The Morgan fingerprint density at radius 1 is 1.19 bits per heavy atom. The molecule has 0 fully saturated rings. The van der Waals surface area contributed by atoms with Crippen LogP contribution in [0.4, 0.5) is 5.69 Å². The van der Waals surface area contributed by atoms with E-state index in [9.17, 15) is 9.59 Å². The largest absolute Gasteiger partial charge is 0.462 e. The molecule has 0 unspecified atom stereocenters. The van der Waals surface area contributed by atoms with Gasteiger partial charge >= 0.3 is 5.97 Å². The maximum Gasteiger partial charge on any atom is 0.338 e. The smallest absolute Gasteiger partial charge is 0.338 e. The van der Waals surface area contributed by atoms with Crippen LogP contribution < -0.4 is 5.32 Å². The van der Waals surface area contributed by atoms with Crippen molar-refractivity contribution >= 4 is 34.8 Å². The van der Waals surface area contributed by atoms with Gasteiger partial charge in [0.2, 0.25) is 0 Å². The zero-order valence-electron chi connectivity index (χ0n) is 15.2. The van der Waals surface area contributed by atoms with E-state index in [4.69, 9.17) is 16.3 Å². The average Bonchev–Trinajstić information content (AvgIpc) is 3.04. The maximum absolute atomic E-state index is 12.8. The Balaban J connectivity index is 1.81. The number of halogens is 1. The summed E-state index contributed by atoms with van der Waals surface area (Å²) < 4.78 is 6.82. The summed E-state index contributed by atoms with van der Waals surface area (Å²) in [5, 5.41) is 3.41. The summed E-state index contributed by atoms with van der Waals surface area (Å²) in [6.45, 7) is 4.26. The quantitative estimate of drug-likeness (QED) is 0.639. The Bertz CT molecular complexity index is 980. The monoisotopic (exact) mass is 385 g/mol. The molecule has 1 amide bonds. The van der Waals surface area contributed by atoms with Crippen molar-refractivity contribution in [2.45, 2.75) is 26.7 Å². The van der Waals surface area contributed by atoms with Gasteiger partial charge in [0.05, 0.1) is 17.9 Å². The van der Waals surface area contributed by atoms with E-state index in [-0.39, 0.29) is 11.9 Å². The number of amides is 1. The molecule has 3 rings (SSSR count). The summed E-state index contributed by atoms with van der Waals surface area (Å²) in [5.74, 6) is -0.648. The molecule has 0 radical (unpaired) electrons. The SMILES string of the molecule is CCCOC(=O)c1ccc(NC(=O)c2c(CC)nc3cc(Cl)ccn23)cc1. The molecule has 0 atom stereocenters. The number of pyridine rings is 1. The van der Waals surface area contributed by atoms with E-state index < -0.39 is 0 Å². The number of carbonyl (C=O) groups excluding carboxylic acids is 2. The van der Waals surface area contributed by atoms with Crippen LogP contribution in [0.2, 0.25) is 5.02 Å². The number of hydrogen-bond donors (Lipinski definition) is 1. The molecule has 3 aromatic rings. The standard InChI is InChI=1S/C20H20ClN3O3/c1-3-11-27-20(26)13-5-7-15(8-6-13)22-19(25)18-16(4-2)23-17-12-14(21)9-10-24(17)18/h5-10,12H,3-4,11H2,1-2H3,(H,22,25). The van der Waals surface area contributed by atoms with Gasteiger partial charge in [-0.15, -0.1) is 0 Å². The molecule has 2 aromatic heterocycles. The molecule has 0 saturated heterocycles. The highest BCUT2D eigenvalue weighted by molar-refractivity contribution is 6.30. The van der Waals surface area contributed by atoms with E-state index in [0.29, 0.717) is 46.3 Å². The van der Waals surface area contributed by atoms with Crippen molar-refractivity contribution < 1.29 is 14.3 Å². The molecule has 1 N–H and O–H groups in total. The van der Waals surface area contributed by atoms with Crippen molar-refractivity contribution in [3.8, 4) is 0 Å². The molecule has 0 aliphatic heterocycles. The lowest BCUT2D eigenvalue weighted by Crippen LogP contribution is -2.16. The van der Waals surface area contributed by atoms with E-state index in [1.54, 1.807) is 47.0 Å². The van der Waals surface area contributed by atoms with E-state index in [0.717, 1.165) is 6.42 Å². The Hall–Kier alpha value is -2.86. The van der Waals surface area contributed by atoms with Crippen molar-refractivity contribution in [3.63, 3.8) is 0 Å². The van der Waals surface area contributed by atoms with Crippen molar-refractivity contribution in [2.24, 2.45) is 0 Å². The first-order valence-corrected chi connectivity index (χ1v) is 9.16. The van der Waals surface area contributed by atoms with Crippen LogP contribution in [0.5, 0.6) is 0 Å². The first kappa shape index (κ1) is 18.9. The fourth-order valence-corrected chi connectivity index (χ4v) is 2.87. The van der Waals surface area contributed by atoms with Gasteiger partial charge in [0.1, 0.15) is 11.3 Å². The second-order valence-electron chi connectivity index (χ2n) is 6.00. The third-order valence-corrected chi connectivity index (χ3v) is 4.26. The number of imidazole rings is 1. The third-order valence-electron chi connectivity index (χ3n) is 4.03. The zero-order valence-corrected chi connectivity index (χ0v) is 15.9. The van der Waals surface area contributed by atoms with Gasteiger partial charge in [-0.25, -0.2) is 9.78 Å². The number of nitrogens with zero attached hydrogens (tertiary/aromatic N) is 2. The van der Waals surface area contributed by atoms with E-state index in [1.165, 1.54) is 0 Å². The molecule has 7 heteroatoms. The van der Waals surface area contributed by atoms with Gasteiger partial charge in [-0.1, -0.05) is 25.4 Å². The topological polar surface area (TPSA) is 72.7 Å². The highest BCUT2D eigenvalue weighted by Gasteiger charge is 2.18. The molecule has 6 nitrogen and oxygen atoms in total. The zero-order chi connectivity index (χ0) is 19.4. The van der Waals surface area contributed by atoms with Gasteiger partial charge in [0.25, 0.3) is 5.91 Å². The molecule has 0 bridgehead atoms. The van der Waals surface area contributed by atoms with Crippen molar-refractivity contribution in [1.82, 2.24) is 9.38 Å². The first-order valence-electron chi connectivity index (χ1n) is 8.78. The summed E-state index contributed by atoms with van der Waals surface area (Å²) in [6.07, 6.45) is 3.11. The van der Waals surface area contributed by atoms with Gasteiger partial charge in [-0.05, 0) is 43.2 Å². The molecule has 1 aromatic carbocycles. The lowest BCUT2D eigenvalue weighted by molar-refractivity contribution is 0.0505. The number of fused-ring (bicyclic) bond motifs is 1. The predicted molar refractivity (Wildman–Crippen MR) is 105 cm³/mol. The highest BCUT2D eigenvalue weighted by atomic mass is 35.5. The van der Waals surface area contributed by atoms with Crippen LogP contribution in [0, 0.1) is 0 Å². The number of ether oxygens (including phenoxy) is 1. The first-order chi connectivity index (χ1) is 13.0. The summed E-state index contributed by atoms with van der Waals surface area (Å²) in [5.41, 5.74) is 2.81. The summed E-state index contributed by atoms with van der Waals surface area (Å²) in [4.78, 5) is 29.1. The van der Waals surface area contributed by atoms with Gasteiger partial charge in [-0.3, -0.25) is 9.20 Å². The minimum absolute atomic E-state index is 0.275. The number of rotatable bonds is 6. The number of aryl methyl sites for hydroxylation is 1. The molecule has 27 heavy (non-hydrogen) atoms. The number of esters is 1. The lowest BCUT2D eigenvalue weighted by Gasteiger charge is -2.08. The average molecular weight is 386 g/mol. The van der Waals surface area contributed by atoms with Gasteiger partial charge in [0.15, 0.2) is 0 Å². The number of benzene rings is 1. The van der Waals surface area contributed by atoms with Crippen LogP contribution in [-0.4, -0.2) is 27.9 Å². The number of nitrogens with one attached hydrogen (secondary N) is 1. The Morgan fingerprint density at radius 3 is 2.59 bits per heavy atom. The number of aromatic nitrogens is 2. The summed E-state index contributed by atoms with van der Waals surface area (Å²) >= 11 is 6.01. The molecule has 0 spiro atoms. The van der Waals surface area contributed by atoms with Crippen molar-refractivity contribution in [3.05, 3.63) is 64.6 Å². The van der Waals surface area contributed by atoms with Crippen LogP contribution in [0.1, 0.15) is 46.8 Å². The van der Waals surface area contributed by atoms with Crippen molar-refractivity contribution in [2.75, 3.05) is 11.9 Å². The van der Waals surface area contributed by atoms with Crippen LogP contribution in [0.25, 0.3) is 5.65 Å². The third kappa shape index (κ3) is 4.11. The second-order valence-corrected chi connectivity index (χ2v) is 6.44. The van der Waals surface area contributed by atoms with E-state index in [2.05, 4.69) is 10.3 Å². The minimum Gasteiger partial charge on any atom is -0.462 e. The summed E-state index contributed by atoms with van der Waals surface area (Å²) in [7, 11) is 0.